The first-order valence-electron chi connectivity index (χ1n) is 40.2. The van der Waals surface area contributed by atoms with Crippen LogP contribution in [0, 0.1) is 0 Å². The Bertz CT molecular complexity index is 6400. The van der Waals surface area contributed by atoms with Gasteiger partial charge in [-0.2, -0.15) is 0 Å². The Labute approximate surface area is 685 Å². The van der Waals surface area contributed by atoms with Crippen molar-refractivity contribution in [1.29, 1.82) is 0 Å². The smallest absolute Gasteiger partial charge is 0.0721 e. The number of nitrogens with zero attached hydrogens (tertiary/aromatic N) is 4. The molecular formula is C110H88N4O3. The molecule has 0 aromatic heterocycles. The van der Waals surface area contributed by atoms with Crippen molar-refractivity contribution in [3.8, 4) is 22.3 Å². The van der Waals surface area contributed by atoms with Gasteiger partial charge in [0.2, 0.25) is 0 Å². The van der Waals surface area contributed by atoms with E-state index in [4.69, 9.17) is 14.2 Å². The summed E-state index contributed by atoms with van der Waals surface area (Å²) >= 11 is 0. The molecule has 0 heterocycles. The summed E-state index contributed by atoms with van der Waals surface area (Å²) in [5, 5.41) is 9.45. The molecule has 17 aromatic carbocycles. The molecule has 0 N–H and O–H groups in total. The lowest BCUT2D eigenvalue weighted by Crippen LogP contribution is -2.11. The number of hydrogen-bond acceptors (Lipinski definition) is 7. The molecule has 17 aromatic rings. The molecule has 0 amide bonds. The third-order valence-electron chi connectivity index (χ3n) is 22.4. The molecule has 0 atom stereocenters. The number of anilines is 12. The second-order valence-corrected chi connectivity index (χ2v) is 29.9. The molecule has 18 rings (SSSR count). The highest BCUT2D eigenvalue weighted by atomic mass is 16.5. The minimum Gasteiger partial charge on any atom is -0.372 e. The molecule has 7 heteroatoms. The van der Waals surface area contributed by atoms with Gasteiger partial charge in [0.1, 0.15) is 0 Å². The van der Waals surface area contributed by atoms with E-state index >= 15 is 0 Å². The second kappa shape index (κ2) is 34.7. The van der Waals surface area contributed by atoms with Gasteiger partial charge in [0.15, 0.2) is 0 Å². The van der Waals surface area contributed by atoms with E-state index in [0.717, 1.165) is 137 Å². The summed E-state index contributed by atoms with van der Waals surface area (Å²) in [5.41, 5.74) is 26.7. The first kappa shape index (κ1) is 74.2. The van der Waals surface area contributed by atoms with E-state index in [1.54, 1.807) is 0 Å². The second-order valence-electron chi connectivity index (χ2n) is 29.9. The summed E-state index contributed by atoms with van der Waals surface area (Å²) in [4.78, 5) is 9.46. The minimum absolute atomic E-state index is 0.456. The zero-order chi connectivity index (χ0) is 78.6. The minimum atomic E-state index is 0.456. The molecule has 566 valence electrons. The Morgan fingerprint density at radius 3 is 0.709 bits per heavy atom. The lowest BCUT2D eigenvalue weighted by Gasteiger charge is -2.28. The van der Waals surface area contributed by atoms with E-state index in [1.807, 2.05) is 12.2 Å². The summed E-state index contributed by atoms with van der Waals surface area (Å²) in [6.07, 6.45) is 10.2. The molecule has 0 radical (unpaired) electrons. The summed E-state index contributed by atoms with van der Waals surface area (Å²) in [5.74, 6) is 0. The predicted octanol–water partition coefficient (Wildman–Crippen LogP) is 29.9. The molecule has 0 saturated heterocycles. The van der Waals surface area contributed by atoms with Gasteiger partial charge in [-0.25, -0.2) is 0 Å². The predicted molar refractivity (Wildman–Crippen MR) is 491 cm³/mol. The van der Waals surface area contributed by atoms with Crippen molar-refractivity contribution < 1.29 is 14.2 Å². The highest BCUT2D eigenvalue weighted by molar-refractivity contribution is 6.03. The molecule has 0 spiro atoms. The summed E-state index contributed by atoms with van der Waals surface area (Å²) in [6, 6.07) is 140. The monoisotopic (exact) mass is 1510 g/mol. The van der Waals surface area contributed by atoms with Crippen LogP contribution in [0.2, 0.25) is 0 Å². The SMILES string of the molecule is C=CC1=CC=C(COCc2ccc(N(c3ccc(-c4ccc(N(c5ccc(COCc6ccc(N(c7ccc(-c8ccc(N(c9ccc(COCc%10ccc(C=C)cc%10)cc9)c9cccc%10ccccc9%10)cc8)cc7)c7cccc8ccccc78)cc6)cc5)c5cccc6ccccc56)cc4)cc3)c3cccc4ccccc34)cc2)CC1. The highest BCUT2D eigenvalue weighted by Gasteiger charge is 2.22. The summed E-state index contributed by atoms with van der Waals surface area (Å²) < 4.78 is 19.0. The highest BCUT2D eigenvalue weighted by Crippen LogP contribution is 2.46. The van der Waals surface area contributed by atoms with E-state index in [1.165, 1.54) is 54.2 Å². The number of allylic oxidation sites excluding steroid dienone is 4. The average Bonchev–Trinajstić information content (AvgIpc) is 0.787. The van der Waals surface area contributed by atoms with Crippen molar-refractivity contribution >= 4 is 117 Å². The topological polar surface area (TPSA) is 40.7 Å². The van der Waals surface area contributed by atoms with E-state index in [-0.39, 0.29) is 0 Å². The molecule has 1 aliphatic rings. The van der Waals surface area contributed by atoms with Gasteiger partial charge in [-0.05, 0) is 222 Å². The maximum Gasteiger partial charge on any atom is 0.0721 e. The number of hydrogen-bond donors (Lipinski definition) is 0. The number of rotatable bonds is 28. The van der Waals surface area contributed by atoms with Gasteiger partial charge >= 0.3 is 0 Å². The van der Waals surface area contributed by atoms with Crippen LogP contribution in [0.5, 0.6) is 0 Å². The van der Waals surface area contributed by atoms with E-state index in [9.17, 15) is 0 Å². The van der Waals surface area contributed by atoms with Crippen molar-refractivity contribution in [3.05, 3.63) is 464 Å². The van der Waals surface area contributed by atoms with Crippen molar-refractivity contribution in [2.45, 2.75) is 45.9 Å². The van der Waals surface area contributed by atoms with Crippen LogP contribution in [0.1, 0.15) is 46.2 Å². The summed E-state index contributed by atoms with van der Waals surface area (Å²) in [7, 11) is 0. The van der Waals surface area contributed by atoms with Crippen LogP contribution in [-0.4, -0.2) is 6.61 Å². The molecule has 0 fully saturated rings. The van der Waals surface area contributed by atoms with E-state index in [2.05, 4.69) is 433 Å². The van der Waals surface area contributed by atoms with Gasteiger partial charge in [0.05, 0.1) is 62.4 Å². The first-order chi connectivity index (χ1) is 57.9. The maximum absolute atomic E-state index is 6.56. The summed E-state index contributed by atoms with van der Waals surface area (Å²) in [6.45, 7) is 11.0. The Balaban J connectivity index is 0.558. The van der Waals surface area contributed by atoms with Crippen LogP contribution in [0.25, 0.3) is 71.4 Å². The van der Waals surface area contributed by atoms with E-state index < -0.39 is 0 Å². The maximum atomic E-state index is 6.56. The van der Waals surface area contributed by atoms with Crippen LogP contribution in [0.4, 0.5) is 68.2 Å². The van der Waals surface area contributed by atoms with Crippen LogP contribution in [0.3, 0.4) is 0 Å². The Morgan fingerprint density at radius 1 is 0.222 bits per heavy atom. The lowest BCUT2D eigenvalue weighted by atomic mass is 9.99. The van der Waals surface area contributed by atoms with Crippen molar-refractivity contribution in [1.82, 2.24) is 0 Å². The largest absolute Gasteiger partial charge is 0.372 e. The van der Waals surface area contributed by atoms with Gasteiger partial charge in [-0.3, -0.25) is 0 Å². The van der Waals surface area contributed by atoms with Gasteiger partial charge < -0.3 is 33.8 Å². The molecular weight excluding hydrogens is 1430 g/mol. The molecule has 0 unspecified atom stereocenters. The normalized spacial score (nSPS) is 12.0. The third-order valence-corrected chi connectivity index (χ3v) is 22.4. The first-order valence-corrected chi connectivity index (χ1v) is 40.2. The quantitative estimate of drug-likeness (QED) is 0.0484. The van der Waals surface area contributed by atoms with Gasteiger partial charge in [0, 0.05) is 67.0 Å². The third kappa shape index (κ3) is 16.5. The Morgan fingerprint density at radius 2 is 0.462 bits per heavy atom. The zero-order valence-electron chi connectivity index (χ0n) is 65.3. The van der Waals surface area contributed by atoms with Crippen LogP contribution in [0.15, 0.2) is 431 Å². The standard InChI is InChI=1S/C110H88N4O3/c1-3-79-33-37-81(38-34-79)73-115-75-83-41-57-95(58-42-83)111(107-29-13-21-91-17-5-9-25-103(91)107)99-65-49-87(50-66-99)89-53-69-101(70-54-89)113(109-31-15-23-93-19-7-11-27-105(93)109)97-61-45-85(46-62-97)77-117-78-86-47-63-98(64-48-86)114(110-32-16-24-94-20-8-12-28-106(94)110)102-71-55-90(56-72-102)88-51-67-100(68-52-88)112(108-30-14-22-92-18-6-10-26-104(92)108)96-59-43-84(44-60-96)76-116-74-82-39-35-80(4-2)36-40-82/h3-35,37-39,41-72H,1-2,36,40,73-78H2. The molecule has 7 nitrogen and oxygen atoms in total. The lowest BCUT2D eigenvalue weighted by molar-refractivity contribution is 0.107. The van der Waals surface area contributed by atoms with Crippen molar-refractivity contribution in [2.75, 3.05) is 26.2 Å². The average molecular weight is 1510 g/mol. The molecule has 117 heavy (non-hydrogen) atoms. The number of ether oxygens (including phenoxy) is 3. The fourth-order valence-corrected chi connectivity index (χ4v) is 16.1. The fourth-order valence-electron chi connectivity index (χ4n) is 16.1. The molecule has 0 aliphatic heterocycles. The van der Waals surface area contributed by atoms with Gasteiger partial charge in [0.25, 0.3) is 0 Å². The Hall–Kier alpha value is -14.2. The fraction of sp³-hybridized carbons (Fsp3) is 0.0727. The molecule has 1 aliphatic carbocycles. The van der Waals surface area contributed by atoms with Crippen LogP contribution >= 0.6 is 0 Å². The van der Waals surface area contributed by atoms with Gasteiger partial charge in [-0.1, -0.05) is 304 Å². The van der Waals surface area contributed by atoms with Crippen molar-refractivity contribution in [3.63, 3.8) is 0 Å². The number of fused-ring (bicyclic) bond motifs is 4. The molecule has 0 bridgehead atoms. The zero-order valence-corrected chi connectivity index (χ0v) is 65.3. The number of benzene rings is 17. The van der Waals surface area contributed by atoms with Crippen LogP contribution in [-0.2, 0) is 47.2 Å². The molecule has 0 saturated carbocycles. The van der Waals surface area contributed by atoms with Gasteiger partial charge in [-0.15, -0.1) is 0 Å². The van der Waals surface area contributed by atoms with Crippen LogP contribution < -0.4 is 19.6 Å². The van der Waals surface area contributed by atoms with E-state index in [0.29, 0.717) is 39.6 Å². The van der Waals surface area contributed by atoms with Crippen molar-refractivity contribution in [2.24, 2.45) is 0 Å². The Kier molecular flexibility index (Phi) is 22.0.